The van der Waals surface area contributed by atoms with E-state index in [1.165, 1.54) is 12.4 Å². The Hall–Kier alpha value is -1.45. The maximum absolute atomic E-state index is 11.3. The Kier molecular flexibility index (Phi) is 3.39. The van der Waals surface area contributed by atoms with E-state index in [0.29, 0.717) is 12.2 Å². The average molecular weight is 208 g/mol. The molecule has 0 aromatic carbocycles. The van der Waals surface area contributed by atoms with Gasteiger partial charge in [0.1, 0.15) is 5.82 Å². The summed E-state index contributed by atoms with van der Waals surface area (Å²) in [4.78, 5) is 19.6. The number of esters is 1. The molecular formula is C11H16N2O2. The molecule has 0 saturated carbocycles. The van der Waals surface area contributed by atoms with Crippen molar-refractivity contribution in [3.8, 4) is 0 Å². The van der Waals surface area contributed by atoms with Crippen LogP contribution < -0.4 is 0 Å². The molecule has 1 rings (SSSR count). The van der Waals surface area contributed by atoms with Crippen LogP contribution in [0.1, 0.15) is 43.9 Å². The Bertz CT molecular complexity index is 339. The summed E-state index contributed by atoms with van der Waals surface area (Å²) < 4.78 is 4.83. The summed E-state index contributed by atoms with van der Waals surface area (Å²) in [6.45, 7) is 8.19. The molecule has 0 aliphatic rings. The molecule has 0 amide bonds. The second kappa shape index (κ2) is 4.38. The number of hydrogen-bond donors (Lipinski definition) is 0. The average Bonchev–Trinajstić information content (AvgIpc) is 2.17. The van der Waals surface area contributed by atoms with Gasteiger partial charge in [-0.15, -0.1) is 0 Å². The lowest BCUT2D eigenvalue weighted by molar-refractivity contribution is 0.0525. The first-order valence-electron chi connectivity index (χ1n) is 4.94. The van der Waals surface area contributed by atoms with E-state index in [9.17, 15) is 4.79 Å². The van der Waals surface area contributed by atoms with Crippen molar-refractivity contribution in [1.29, 1.82) is 0 Å². The fourth-order valence-corrected chi connectivity index (χ4v) is 1.04. The second-order valence-corrected chi connectivity index (χ2v) is 4.27. The van der Waals surface area contributed by atoms with Crippen molar-refractivity contribution in [3.63, 3.8) is 0 Å². The van der Waals surface area contributed by atoms with E-state index >= 15 is 0 Å². The summed E-state index contributed by atoms with van der Waals surface area (Å²) in [6.07, 6.45) is 3.01. The van der Waals surface area contributed by atoms with Crippen LogP contribution in [-0.4, -0.2) is 22.5 Å². The van der Waals surface area contributed by atoms with Crippen LogP contribution in [0.25, 0.3) is 0 Å². The van der Waals surface area contributed by atoms with Gasteiger partial charge in [0, 0.05) is 17.8 Å². The van der Waals surface area contributed by atoms with E-state index in [0.717, 1.165) is 5.82 Å². The Balaban J connectivity index is 2.86. The second-order valence-electron chi connectivity index (χ2n) is 4.27. The Morgan fingerprint density at radius 1 is 1.33 bits per heavy atom. The summed E-state index contributed by atoms with van der Waals surface area (Å²) in [7, 11) is 0. The SMILES string of the molecule is CCOC(=O)c1cnc(C(C)(C)C)nc1. The first-order chi connectivity index (χ1) is 6.95. The Morgan fingerprint density at radius 3 is 2.27 bits per heavy atom. The van der Waals surface area contributed by atoms with Gasteiger partial charge >= 0.3 is 5.97 Å². The minimum atomic E-state index is -0.377. The molecule has 4 heteroatoms. The van der Waals surface area contributed by atoms with E-state index in [2.05, 4.69) is 9.97 Å². The smallest absolute Gasteiger partial charge is 0.341 e. The number of carbonyl (C=O) groups excluding carboxylic acids is 1. The van der Waals surface area contributed by atoms with Gasteiger partial charge in [-0.1, -0.05) is 20.8 Å². The van der Waals surface area contributed by atoms with Crippen molar-refractivity contribution in [2.75, 3.05) is 6.61 Å². The summed E-state index contributed by atoms with van der Waals surface area (Å²) in [5, 5.41) is 0. The highest BCUT2D eigenvalue weighted by Crippen LogP contribution is 2.17. The van der Waals surface area contributed by atoms with Gasteiger partial charge in [0.15, 0.2) is 0 Å². The molecule has 1 aromatic rings. The van der Waals surface area contributed by atoms with Crippen molar-refractivity contribution < 1.29 is 9.53 Å². The number of hydrogen-bond acceptors (Lipinski definition) is 4. The predicted octanol–water partition coefficient (Wildman–Crippen LogP) is 1.95. The molecule has 0 radical (unpaired) electrons. The van der Waals surface area contributed by atoms with Gasteiger partial charge in [-0.3, -0.25) is 0 Å². The molecule has 0 fully saturated rings. The van der Waals surface area contributed by atoms with Crippen LogP contribution in [0.4, 0.5) is 0 Å². The van der Waals surface area contributed by atoms with Crippen molar-refractivity contribution in [3.05, 3.63) is 23.8 Å². The molecule has 0 atom stereocenters. The molecule has 82 valence electrons. The van der Waals surface area contributed by atoms with E-state index in [4.69, 9.17) is 4.74 Å². The van der Waals surface area contributed by atoms with Gasteiger partial charge < -0.3 is 4.74 Å². The quantitative estimate of drug-likeness (QED) is 0.697. The molecule has 0 aliphatic heterocycles. The molecule has 15 heavy (non-hydrogen) atoms. The molecular weight excluding hydrogens is 192 g/mol. The third kappa shape index (κ3) is 3.01. The zero-order valence-electron chi connectivity index (χ0n) is 9.57. The highest BCUT2D eigenvalue weighted by atomic mass is 16.5. The molecule has 0 saturated heterocycles. The standard InChI is InChI=1S/C11H16N2O2/c1-5-15-9(14)8-6-12-10(13-7-8)11(2,3)4/h6-7H,5H2,1-4H3. The summed E-state index contributed by atoms with van der Waals surface area (Å²) in [6, 6.07) is 0. The number of nitrogens with zero attached hydrogens (tertiary/aromatic N) is 2. The molecule has 1 heterocycles. The van der Waals surface area contributed by atoms with Gasteiger partial charge in [0.25, 0.3) is 0 Å². The minimum absolute atomic E-state index is 0.104. The normalized spacial score (nSPS) is 11.2. The number of ether oxygens (including phenoxy) is 1. The van der Waals surface area contributed by atoms with Crippen LogP contribution >= 0.6 is 0 Å². The van der Waals surface area contributed by atoms with E-state index in [-0.39, 0.29) is 11.4 Å². The van der Waals surface area contributed by atoms with Crippen molar-refractivity contribution >= 4 is 5.97 Å². The topological polar surface area (TPSA) is 52.1 Å². The summed E-state index contributed by atoms with van der Waals surface area (Å²) in [5.74, 6) is 0.341. The highest BCUT2D eigenvalue weighted by molar-refractivity contribution is 5.88. The number of aromatic nitrogens is 2. The molecule has 0 bridgehead atoms. The largest absolute Gasteiger partial charge is 0.462 e. The molecule has 4 nitrogen and oxygen atoms in total. The fourth-order valence-electron chi connectivity index (χ4n) is 1.04. The van der Waals surface area contributed by atoms with E-state index < -0.39 is 0 Å². The molecule has 1 aromatic heterocycles. The third-order valence-corrected chi connectivity index (χ3v) is 1.83. The van der Waals surface area contributed by atoms with Gasteiger partial charge in [0.2, 0.25) is 0 Å². The van der Waals surface area contributed by atoms with Crippen LogP contribution in [0.5, 0.6) is 0 Å². The number of carbonyl (C=O) groups is 1. The number of rotatable bonds is 2. The first kappa shape index (κ1) is 11.6. The first-order valence-corrected chi connectivity index (χ1v) is 4.94. The molecule has 0 spiro atoms. The monoisotopic (exact) mass is 208 g/mol. The minimum Gasteiger partial charge on any atom is -0.462 e. The maximum atomic E-state index is 11.3. The zero-order valence-corrected chi connectivity index (χ0v) is 9.57. The van der Waals surface area contributed by atoms with Gasteiger partial charge in [0.05, 0.1) is 12.2 Å². The Morgan fingerprint density at radius 2 is 1.87 bits per heavy atom. The maximum Gasteiger partial charge on any atom is 0.341 e. The third-order valence-electron chi connectivity index (χ3n) is 1.83. The summed E-state index contributed by atoms with van der Waals surface area (Å²) in [5.41, 5.74) is 0.289. The van der Waals surface area contributed by atoms with Crippen molar-refractivity contribution in [2.45, 2.75) is 33.1 Å². The zero-order chi connectivity index (χ0) is 11.5. The van der Waals surface area contributed by atoms with Crippen molar-refractivity contribution in [2.24, 2.45) is 0 Å². The predicted molar refractivity (Wildman–Crippen MR) is 56.7 cm³/mol. The lowest BCUT2D eigenvalue weighted by Gasteiger charge is -2.15. The van der Waals surface area contributed by atoms with Gasteiger partial charge in [-0.05, 0) is 6.92 Å². The molecule has 0 unspecified atom stereocenters. The lowest BCUT2D eigenvalue weighted by atomic mass is 9.96. The highest BCUT2D eigenvalue weighted by Gasteiger charge is 2.17. The molecule has 0 aliphatic carbocycles. The lowest BCUT2D eigenvalue weighted by Crippen LogP contribution is -2.17. The van der Waals surface area contributed by atoms with Crippen LogP contribution in [0.3, 0.4) is 0 Å². The van der Waals surface area contributed by atoms with Crippen molar-refractivity contribution in [1.82, 2.24) is 9.97 Å². The van der Waals surface area contributed by atoms with Gasteiger partial charge in [-0.2, -0.15) is 0 Å². The molecule has 0 N–H and O–H groups in total. The van der Waals surface area contributed by atoms with Gasteiger partial charge in [-0.25, -0.2) is 14.8 Å². The Labute approximate surface area is 89.7 Å². The van der Waals surface area contributed by atoms with Crippen LogP contribution in [0.2, 0.25) is 0 Å². The van der Waals surface area contributed by atoms with Crippen LogP contribution in [-0.2, 0) is 10.2 Å². The summed E-state index contributed by atoms with van der Waals surface area (Å²) >= 11 is 0. The van der Waals surface area contributed by atoms with E-state index in [1.807, 2.05) is 20.8 Å². The van der Waals surface area contributed by atoms with Crippen LogP contribution in [0, 0.1) is 0 Å². The van der Waals surface area contributed by atoms with Crippen LogP contribution in [0.15, 0.2) is 12.4 Å². The fraction of sp³-hybridized carbons (Fsp3) is 0.545. The van der Waals surface area contributed by atoms with E-state index in [1.54, 1.807) is 6.92 Å².